The first-order valence-corrected chi connectivity index (χ1v) is 9.65. The largest absolute Gasteiger partial charge is 0.355 e. The first-order valence-electron chi connectivity index (χ1n) is 9.28. The average Bonchev–Trinajstić information content (AvgIpc) is 3.28. The summed E-state index contributed by atoms with van der Waals surface area (Å²) >= 11 is 6.27. The number of likely N-dealkylation sites (tertiary alicyclic amines) is 1. The Balaban J connectivity index is 1.49. The molecule has 1 aromatic rings. The molecule has 0 saturated carbocycles. The zero-order valence-corrected chi connectivity index (χ0v) is 16.0. The predicted molar refractivity (Wildman–Crippen MR) is 105 cm³/mol. The van der Waals surface area contributed by atoms with Gasteiger partial charge < -0.3 is 15.5 Å². The average molecular weight is 365 g/mol. The molecule has 25 heavy (non-hydrogen) atoms. The van der Waals surface area contributed by atoms with Crippen LogP contribution in [0.15, 0.2) is 23.3 Å². The second-order valence-electron chi connectivity index (χ2n) is 6.76. The van der Waals surface area contributed by atoms with Crippen molar-refractivity contribution in [1.82, 2.24) is 20.5 Å². The van der Waals surface area contributed by atoms with Crippen LogP contribution >= 0.6 is 11.6 Å². The highest BCUT2D eigenvalue weighted by Gasteiger charge is 2.26. The SMILES string of the molecule is CCN1CCCC1CNC(=NC)NC1CCN(c2ncccc2Cl)C1. The third kappa shape index (κ3) is 4.55. The Morgan fingerprint density at radius 3 is 3.04 bits per heavy atom. The van der Waals surface area contributed by atoms with Gasteiger partial charge in [0.25, 0.3) is 0 Å². The topological polar surface area (TPSA) is 55.8 Å². The Morgan fingerprint density at radius 1 is 1.40 bits per heavy atom. The summed E-state index contributed by atoms with van der Waals surface area (Å²) < 4.78 is 0. The summed E-state index contributed by atoms with van der Waals surface area (Å²) in [6.07, 6.45) is 5.42. The Morgan fingerprint density at radius 2 is 2.28 bits per heavy atom. The van der Waals surface area contributed by atoms with Crippen LogP contribution in [0.5, 0.6) is 0 Å². The van der Waals surface area contributed by atoms with Gasteiger partial charge in [0.1, 0.15) is 5.82 Å². The third-order valence-electron chi connectivity index (χ3n) is 5.20. The molecular formula is C18H29ClN6. The standard InChI is InChI=1S/C18H29ClN6/c1-3-24-10-5-6-15(24)12-22-18(20-2)23-14-8-11-25(13-14)17-16(19)7-4-9-21-17/h4,7,9,14-15H,3,5-6,8,10-13H2,1-2H3,(H2,20,22,23). The van der Waals surface area contributed by atoms with Gasteiger partial charge in [-0.2, -0.15) is 0 Å². The maximum Gasteiger partial charge on any atom is 0.191 e. The molecule has 2 unspecified atom stereocenters. The molecule has 7 heteroatoms. The number of nitrogens with zero attached hydrogens (tertiary/aromatic N) is 4. The number of likely N-dealkylation sites (N-methyl/N-ethyl adjacent to an activating group) is 1. The van der Waals surface area contributed by atoms with Gasteiger partial charge in [-0.05, 0) is 44.5 Å². The van der Waals surface area contributed by atoms with E-state index in [2.05, 4.69) is 37.3 Å². The molecule has 2 N–H and O–H groups in total. The number of halogens is 1. The number of hydrogen-bond acceptors (Lipinski definition) is 4. The Hall–Kier alpha value is -1.53. The van der Waals surface area contributed by atoms with Crippen molar-refractivity contribution in [2.45, 2.75) is 38.3 Å². The highest BCUT2D eigenvalue weighted by molar-refractivity contribution is 6.32. The normalized spacial score (nSPS) is 24.8. The van der Waals surface area contributed by atoms with E-state index in [1.54, 1.807) is 6.20 Å². The van der Waals surface area contributed by atoms with Crippen molar-refractivity contribution in [2.24, 2.45) is 4.99 Å². The predicted octanol–water partition coefficient (Wildman–Crippen LogP) is 1.96. The highest BCUT2D eigenvalue weighted by Crippen LogP contribution is 2.25. The van der Waals surface area contributed by atoms with Gasteiger partial charge >= 0.3 is 0 Å². The van der Waals surface area contributed by atoms with Gasteiger partial charge in [0, 0.05) is 45.0 Å². The fourth-order valence-electron chi connectivity index (χ4n) is 3.83. The maximum absolute atomic E-state index is 6.27. The van der Waals surface area contributed by atoms with Crippen LogP contribution < -0.4 is 15.5 Å². The van der Waals surface area contributed by atoms with Crippen LogP contribution in [0.2, 0.25) is 5.02 Å². The molecule has 3 rings (SSSR count). The highest BCUT2D eigenvalue weighted by atomic mass is 35.5. The number of guanidine groups is 1. The summed E-state index contributed by atoms with van der Waals surface area (Å²) in [6, 6.07) is 4.74. The lowest BCUT2D eigenvalue weighted by molar-refractivity contribution is 0.267. The lowest BCUT2D eigenvalue weighted by atomic mass is 10.2. The molecule has 0 aromatic carbocycles. The van der Waals surface area contributed by atoms with Crippen molar-refractivity contribution < 1.29 is 0 Å². The quantitative estimate of drug-likeness (QED) is 0.618. The van der Waals surface area contributed by atoms with E-state index in [9.17, 15) is 0 Å². The Bertz CT molecular complexity index is 593. The Labute approximate surface area is 155 Å². The minimum Gasteiger partial charge on any atom is -0.355 e. The van der Waals surface area contributed by atoms with Crippen molar-refractivity contribution in [2.75, 3.05) is 44.7 Å². The van der Waals surface area contributed by atoms with E-state index in [-0.39, 0.29) is 0 Å². The molecule has 3 heterocycles. The van der Waals surface area contributed by atoms with Crippen LogP contribution in [0.25, 0.3) is 0 Å². The third-order valence-corrected chi connectivity index (χ3v) is 5.50. The van der Waals surface area contributed by atoms with Gasteiger partial charge in [0.15, 0.2) is 5.96 Å². The van der Waals surface area contributed by atoms with Crippen molar-refractivity contribution in [3.63, 3.8) is 0 Å². The molecule has 138 valence electrons. The molecule has 2 aliphatic rings. The molecule has 1 aromatic heterocycles. The van der Waals surface area contributed by atoms with E-state index < -0.39 is 0 Å². The number of aliphatic imine (C=N–C) groups is 1. The van der Waals surface area contributed by atoms with Crippen LogP contribution in [-0.2, 0) is 0 Å². The van der Waals surface area contributed by atoms with Gasteiger partial charge in [-0.3, -0.25) is 9.89 Å². The van der Waals surface area contributed by atoms with E-state index in [4.69, 9.17) is 11.6 Å². The summed E-state index contributed by atoms with van der Waals surface area (Å²) in [5.41, 5.74) is 0. The van der Waals surface area contributed by atoms with Gasteiger partial charge in [0.2, 0.25) is 0 Å². The summed E-state index contributed by atoms with van der Waals surface area (Å²) in [4.78, 5) is 13.6. The lowest BCUT2D eigenvalue weighted by Gasteiger charge is -2.25. The van der Waals surface area contributed by atoms with Crippen LogP contribution in [-0.4, -0.2) is 67.7 Å². The molecular weight excluding hydrogens is 336 g/mol. The zero-order valence-electron chi connectivity index (χ0n) is 15.2. The molecule has 6 nitrogen and oxygen atoms in total. The zero-order chi connectivity index (χ0) is 17.6. The van der Waals surface area contributed by atoms with Crippen molar-refractivity contribution in [3.05, 3.63) is 23.4 Å². The minimum absolute atomic E-state index is 0.357. The lowest BCUT2D eigenvalue weighted by Crippen LogP contribution is -2.48. The number of hydrogen-bond donors (Lipinski definition) is 2. The first kappa shape index (κ1) is 18.3. The molecule has 2 fully saturated rings. The summed E-state index contributed by atoms with van der Waals surface area (Å²) in [6.45, 7) is 7.38. The van der Waals surface area contributed by atoms with Crippen LogP contribution in [0.3, 0.4) is 0 Å². The van der Waals surface area contributed by atoms with Gasteiger partial charge in [-0.25, -0.2) is 4.98 Å². The molecule has 0 spiro atoms. The first-order chi connectivity index (χ1) is 12.2. The van der Waals surface area contributed by atoms with E-state index >= 15 is 0 Å². The Kier molecular flexibility index (Phi) is 6.37. The fourth-order valence-corrected chi connectivity index (χ4v) is 4.07. The monoisotopic (exact) mass is 364 g/mol. The van der Waals surface area contributed by atoms with E-state index in [1.807, 2.05) is 19.2 Å². The molecule has 0 radical (unpaired) electrons. The number of pyridine rings is 1. The number of rotatable bonds is 5. The van der Waals surface area contributed by atoms with Crippen LogP contribution in [0, 0.1) is 0 Å². The van der Waals surface area contributed by atoms with E-state index in [0.717, 1.165) is 44.4 Å². The number of nitrogens with one attached hydrogen (secondary N) is 2. The molecule has 2 aliphatic heterocycles. The molecule has 0 aliphatic carbocycles. The summed E-state index contributed by atoms with van der Waals surface area (Å²) in [5, 5.41) is 7.77. The van der Waals surface area contributed by atoms with Gasteiger partial charge in [-0.1, -0.05) is 18.5 Å². The minimum atomic E-state index is 0.357. The maximum atomic E-state index is 6.27. The van der Waals surface area contributed by atoms with Gasteiger partial charge in [0.05, 0.1) is 5.02 Å². The van der Waals surface area contributed by atoms with Crippen LogP contribution in [0.1, 0.15) is 26.2 Å². The molecule has 2 saturated heterocycles. The molecule has 0 bridgehead atoms. The molecule has 0 amide bonds. The van der Waals surface area contributed by atoms with Gasteiger partial charge in [-0.15, -0.1) is 0 Å². The van der Waals surface area contributed by atoms with Crippen LogP contribution in [0.4, 0.5) is 5.82 Å². The number of anilines is 1. The second-order valence-corrected chi connectivity index (χ2v) is 7.17. The van der Waals surface area contributed by atoms with Crippen molar-refractivity contribution in [1.29, 1.82) is 0 Å². The summed E-state index contributed by atoms with van der Waals surface area (Å²) in [7, 11) is 1.84. The van der Waals surface area contributed by atoms with Crippen molar-refractivity contribution in [3.8, 4) is 0 Å². The number of aromatic nitrogens is 1. The molecule has 2 atom stereocenters. The second kappa shape index (κ2) is 8.72. The van der Waals surface area contributed by atoms with E-state index in [0.29, 0.717) is 17.1 Å². The van der Waals surface area contributed by atoms with Crippen molar-refractivity contribution >= 4 is 23.4 Å². The fraction of sp³-hybridized carbons (Fsp3) is 0.667. The smallest absolute Gasteiger partial charge is 0.191 e. The summed E-state index contributed by atoms with van der Waals surface area (Å²) in [5.74, 6) is 1.77. The van der Waals surface area contributed by atoms with E-state index in [1.165, 1.54) is 19.4 Å².